The fourth-order valence-corrected chi connectivity index (χ4v) is 3.80. The van der Waals surface area contributed by atoms with Gasteiger partial charge in [-0.05, 0) is 60.6 Å². The van der Waals surface area contributed by atoms with Crippen LogP contribution >= 0.6 is 0 Å². The fraction of sp³-hybridized carbons (Fsp3) is 0.316. The highest BCUT2D eigenvalue weighted by Crippen LogP contribution is 2.28. The lowest BCUT2D eigenvalue weighted by Crippen LogP contribution is -2.24. The average Bonchev–Trinajstić information content (AvgIpc) is 2.59. The lowest BCUT2D eigenvalue weighted by Gasteiger charge is -2.18. The van der Waals surface area contributed by atoms with E-state index in [1.807, 2.05) is 0 Å². The van der Waals surface area contributed by atoms with Crippen LogP contribution in [0.15, 0.2) is 36.4 Å². The minimum Gasteiger partial charge on any atom is -0.507 e. The Hall–Kier alpha value is -2.54. The number of phenols is 1. The first-order valence-corrected chi connectivity index (χ1v) is 10.4. The van der Waals surface area contributed by atoms with Crippen LogP contribution in [0, 0.1) is 0 Å². The Bertz CT molecular complexity index is 939. The number of carbonyl (C=O) groups is 1. The topological polar surface area (TPSA) is 95.5 Å². The van der Waals surface area contributed by atoms with Crippen molar-refractivity contribution in [1.29, 1.82) is 0 Å². The highest BCUT2D eigenvalue weighted by Gasteiger charge is 2.18. The Morgan fingerprint density at radius 3 is 2.46 bits per heavy atom. The number of aromatic hydroxyl groups is 1. The number of rotatable bonds is 5. The zero-order valence-corrected chi connectivity index (χ0v) is 15.4. The lowest BCUT2D eigenvalue weighted by atomic mass is 9.90. The SMILES string of the molecule is CS(=O)(=O)Nc1ccccc1CNC(=O)c1cc2c(cc1O)CCCC2. The number of phenolic OH excluding ortho intramolecular Hbond substituents is 1. The number of hydrogen-bond acceptors (Lipinski definition) is 4. The summed E-state index contributed by atoms with van der Waals surface area (Å²) in [5, 5.41) is 12.9. The summed E-state index contributed by atoms with van der Waals surface area (Å²) in [6, 6.07) is 10.3. The first-order chi connectivity index (χ1) is 12.3. The Kier molecular flexibility index (Phi) is 5.18. The van der Waals surface area contributed by atoms with Crippen LogP contribution in [0.25, 0.3) is 0 Å². The van der Waals surface area contributed by atoms with Crippen molar-refractivity contribution in [1.82, 2.24) is 5.32 Å². The van der Waals surface area contributed by atoms with E-state index < -0.39 is 10.0 Å². The Labute approximate surface area is 153 Å². The molecule has 26 heavy (non-hydrogen) atoms. The van der Waals surface area contributed by atoms with Gasteiger partial charge in [0, 0.05) is 6.54 Å². The number of amides is 1. The minimum atomic E-state index is -3.41. The van der Waals surface area contributed by atoms with E-state index >= 15 is 0 Å². The maximum absolute atomic E-state index is 12.5. The molecule has 0 aromatic heterocycles. The molecule has 0 bridgehead atoms. The second-order valence-electron chi connectivity index (χ2n) is 6.56. The molecule has 0 atom stereocenters. The lowest BCUT2D eigenvalue weighted by molar-refractivity contribution is 0.0948. The molecule has 0 spiro atoms. The molecule has 0 fully saturated rings. The predicted octanol–water partition coefficient (Wildman–Crippen LogP) is 2.57. The second kappa shape index (κ2) is 7.37. The Morgan fingerprint density at radius 1 is 1.12 bits per heavy atom. The molecule has 3 rings (SSSR count). The van der Waals surface area contributed by atoms with E-state index in [1.165, 1.54) is 0 Å². The molecular formula is C19H22N2O4S. The molecular weight excluding hydrogens is 352 g/mol. The third kappa shape index (κ3) is 4.35. The molecule has 0 heterocycles. The zero-order valence-electron chi connectivity index (χ0n) is 14.6. The van der Waals surface area contributed by atoms with Gasteiger partial charge in [-0.1, -0.05) is 18.2 Å². The van der Waals surface area contributed by atoms with Crippen molar-refractivity contribution >= 4 is 21.6 Å². The van der Waals surface area contributed by atoms with Crippen LogP contribution in [0.3, 0.4) is 0 Å². The number of aryl methyl sites for hydroxylation is 2. The summed E-state index contributed by atoms with van der Waals surface area (Å²) in [6.45, 7) is 0.147. The van der Waals surface area contributed by atoms with Crippen LogP contribution in [-0.2, 0) is 29.4 Å². The maximum Gasteiger partial charge on any atom is 0.255 e. The summed E-state index contributed by atoms with van der Waals surface area (Å²) in [7, 11) is -3.41. The first-order valence-electron chi connectivity index (χ1n) is 8.52. The van der Waals surface area contributed by atoms with Crippen LogP contribution in [0.5, 0.6) is 5.75 Å². The summed E-state index contributed by atoms with van der Waals surface area (Å²) >= 11 is 0. The third-order valence-electron chi connectivity index (χ3n) is 4.46. The van der Waals surface area contributed by atoms with E-state index in [2.05, 4.69) is 10.0 Å². The van der Waals surface area contributed by atoms with Crippen molar-refractivity contribution in [2.45, 2.75) is 32.2 Å². The molecule has 0 unspecified atom stereocenters. The third-order valence-corrected chi connectivity index (χ3v) is 5.05. The number of nitrogens with one attached hydrogen (secondary N) is 2. The largest absolute Gasteiger partial charge is 0.507 e. The number of benzene rings is 2. The van der Waals surface area contributed by atoms with Crippen molar-refractivity contribution in [3.63, 3.8) is 0 Å². The minimum absolute atomic E-state index is 0.0225. The standard InChI is InChI=1S/C19H22N2O4S/c1-26(24,25)21-17-9-5-4-8-15(17)12-20-19(23)16-10-13-6-2-3-7-14(13)11-18(16)22/h4-5,8-11,21-22H,2-3,6-7,12H2,1H3,(H,20,23). The van der Waals surface area contributed by atoms with Crippen LogP contribution in [0.2, 0.25) is 0 Å². The van der Waals surface area contributed by atoms with E-state index in [0.29, 0.717) is 11.3 Å². The second-order valence-corrected chi connectivity index (χ2v) is 8.31. The summed E-state index contributed by atoms with van der Waals surface area (Å²) in [4.78, 5) is 12.5. The Morgan fingerprint density at radius 2 is 1.77 bits per heavy atom. The normalized spacial score (nSPS) is 13.7. The fourth-order valence-electron chi connectivity index (χ4n) is 3.20. The molecule has 2 aromatic rings. The predicted molar refractivity (Wildman–Crippen MR) is 101 cm³/mol. The smallest absolute Gasteiger partial charge is 0.255 e. The molecule has 7 heteroatoms. The number of carbonyl (C=O) groups excluding carboxylic acids is 1. The molecule has 138 valence electrons. The summed E-state index contributed by atoms with van der Waals surface area (Å²) in [5.74, 6) is -0.407. The van der Waals surface area contributed by atoms with Crippen molar-refractivity contribution < 1.29 is 18.3 Å². The summed E-state index contributed by atoms with van der Waals surface area (Å²) in [5.41, 5.74) is 3.53. The summed E-state index contributed by atoms with van der Waals surface area (Å²) in [6.07, 6.45) is 5.10. The zero-order chi connectivity index (χ0) is 18.7. The van der Waals surface area contributed by atoms with Gasteiger partial charge < -0.3 is 10.4 Å². The molecule has 0 saturated carbocycles. The molecule has 0 saturated heterocycles. The van der Waals surface area contributed by atoms with Gasteiger partial charge in [-0.15, -0.1) is 0 Å². The van der Waals surface area contributed by atoms with Crippen molar-refractivity contribution in [2.24, 2.45) is 0 Å². The number of sulfonamides is 1. The number of para-hydroxylation sites is 1. The molecule has 0 radical (unpaired) electrons. The van der Waals surface area contributed by atoms with E-state index in [1.54, 1.807) is 36.4 Å². The average molecular weight is 374 g/mol. The van der Waals surface area contributed by atoms with Gasteiger partial charge in [0.25, 0.3) is 5.91 Å². The van der Waals surface area contributed by atoms with Crippen LogP contribution in [0.1, 0.15) is 39.9 Å². The van der Waals surface area contributed by atoms with Gasteiger partial charge in [-0.25, -0.2) is 8.42 Å². The molecule has 6 nitrogen and oxygen atoms in total. The number of hydrogen-bond donors (Lipinski definition) is 3. The Balaban J connectivity index is 1.76. The van der Waals surface area contributed by atoms with E-state index in [9.17, 15) is 18.3 Å². The highest BCUT2D eigenvalue weighted by molar-refractivity contribution is 7.92. The van der Waals surface area contributed by atoms with Crippen molar-refractivity contribution in [3.05, 3.63) is 58.7 Å². The van der Waals surface area contributed by atoms with Crippen LogP contribution in [0.4, 0.5) is 5.69 Å². The quantitative estimate of drug-likeness (QED) is 0.749. The van der Waals surface area contributed by atoms with Crippen molar-refractivity contribution in [3.8, 4) is 5.75 Å². The maximum atomic E-state index is 12.5. The molecule has 1 aliphatic rings. The monoisotopic (exact) mass is 374 g/mol. The highest BCUT2D eigenvalue weighted by atomic mass is 32.2. The number of anilines is 1. The molecule has 3 N–H and O–H groups in total. The first kappa shape index (κ1) is 18.3. The van der Waals surface area contributed by atoms with Gasteiger partial charge in [0.15, 0.2) is 0 Å². The van der Waals surface area contributed by atoms with Gasteiger partial charge in [0.05, 0.1) is 17.5 Å². The van der Waals surface area contributed by atoms with E-state index in [-0.39, 0.29) is 23.8 Å². The van der Waals surface area contributed by atoms with Gasteiger partial charge >= 0.3 is 0 Å². The van der Waals surface area contributed by atoms with Gasteiger partial charge in [-0.3, -0.25) is 9.52 Å². The van der Waals surface area contributed by atoms with Gasteiger partial charge in [-0.2, -0.15) is 0 Å². The molecule has 1 amide bonds. The molecule has 1 aliphatic carbocycles. The van der Waals surface area contributed by atoms with Crippen LogP contribution in [-0.4, -0.2) is 25.7 Å². The van der Waals surface area contributed by atoms with Gasteiger partial charge in [0.2, 0.25) is 10.0 Å². The molecule has 2 aromatic carbocycles. The molecule has 0 aliphatic heterocycles. The van der Waals surface area contributed by atoms with Crippen LogP contribution < -0.4 is 10.0 Å². The summed E-state index contributed by atoms with van der Waals surface area (Å²) < 4.78 is 25.4. The van der Waals surface area contributed by atoms with Crippen molar-refractivity contribution in [2.75, 3.05) is 11.0 Å². The number of fused-ring (bicyclic) bond motifs is 1. The van der Waals surface area contributed by atoms with Gasteiger partial charge in [0.1, 0.15) is 5.75 Å². The van der Waals surface area contributed by atoms with E-state index in [0.717, 1.165) is 43.1 Å². The van der Waals surface area contributed by atoms with E-state index in [4.69, 9.17) is 0 Å².